The normalized spacial score (nSPS) is 12.0. The summed E-state index contributed by atoms with van der Waals surface area (Å²) in [6.07, 6.45) is 0.734. The van der Waals surface area contributed by atoms with Crippen LogP contribution in [0.1, 0.15) is 29.4 Å². The summed E-state index contributed by atoms with van der Waals surface area (Å²) in [5.41, 5.74) is 5.27. The summed E-state index contributed by atoms with van der Waals surface area (Å²) in [4.78, 5) is 12.5. The Hall–Kier alpha value is -2.88. The van der Waals surface area contributed by atoms with Gasteiger partial charge in [-0.25, -0.2) is 0 Å². The van der Waals surface area contributed by atoms with Gasteiger partial charge in [0.25, 0.3) is 0 Å². The Labute approximate surface area is 154 Å². The van der Waals surface area contributed by atoms with Gasteiger partial charge in [0.2, 0.25) is 5.91 Å². The van der Waals surface area contributed by atoms with Crippen molar-refractivity contribution in [2.75, 3.05) is 5.32 Å². The zero-order chi connectivity index (χ0) is 18.5. The van der Waals surface area contributed by atoms with Gasteiger partial charge >= 0.3 is 0 Å². The molecule has 134 valence electrons. The van der Waals surface area contributed by atoms with Crippen molar-refractivity contribution >= 4 is 11.6 Å². The number of carbonyl (C=O) groups is 1. The summed E-state index contributed by atoms with van der Waals surface area (Å²) >= 11 is 0. The molecule has 0 saturated carbocycles. The van der Waals surface area contributed by atoms with Crippen LogP contribution in [0.5, 0.6) is 0 Å². The van der Waals surface area contributed by atoms with Crippen LogP contribution in [-0.2, 0) is 17.8 Å². The monoisotopic (exact) mass is 347 g/mol. The molecule has 0 bridgehead atoms. The van der Waals surface area contributed by atoms with E-state index in [0.29, 0.717) is 6.54 Å². The number of carbonyl (C=O) groups excluding carboxylic acids is 1. The molecule has 0 aliphatic heterocycles. The summed E-state index contributed by atoms with van der Waals surface area (Å²) in [5.74, 6) is -0.0471. The highest BCUT2D eigenvalue weighted by Gasteiger charge is 2.14. The van der Waals surface area contributed by atoms with Crippen LogP contribution in [0.25, 0.3) is 0 Å². The standard InChI is InChI=1S/C22H25N3O/c1-16(12-19-8-5-4-6-9-19)22(26)23-21-11-7-10-20(14-21)15-25-18(3)13-17(2)24-25/h4-11,13-14,16H,12,15H2,1-3H3,(H,23,26). The quantitative estimate of drug-likeness (QED) is 0.720. The fourth-order valence-electron chi connectivity index (χ4n) is 3.08. The van der Waals surface area contributed by atoms with Gasteiger partial charge in [0.15, 0.2) is 0 Å². The first-order valence-corrected chi connectivity index (χ1v) is 8.96. The molecule has 1 N–H and O–H groups in total. The number of hydrogen-bond acceptors (Lipinski definition) is 2. The molecule has 1 amide bonds. The van der Waals surface area contributed by atoms with Crippen molar-refractivity contribution in [1.82, 2.24) is 9.78 Å². The predicted octanol–water partition coefficient (Wildman–Crippen LogP) is 4.37. The highest BCUT2D eigenvalue weighted by molar-refractivity contribution is 5.92. The lowest BCUT2D eigenvalue weighted by Crippen LogP contribution is -2.22. The molecule has 1 aromatic heterocycles. The molecular formula is C22H25N3O. The molecule has 3 aromatic rings. The number of amides is 1. The predicted molar refractivity (Wildman–Crippen MR) is 105 cm³/mol. The largest absolute Gasteiger partial charge is 0.326 e. The van der Waals surface area contributed by atoms with Gasteiger partial charge in [-0.2, -0.15) is 5.10 Å². The Morgan fingerprint density at radius 3 is 2.46 bits per heavy atom. The topological polar surface area (TPSA) is 46.9 Å². The maximum atomic E-state index is 12.5. The van der Waals surface area contributed by atoms with Gasteiger partial charge in [-0.1, -0.05) is 49.4 Å². The van der Waals surface area contributed by atoms with Crippen molar-refractivity contribution in [2.45, 2.75) is 33.7 Å². The molecule has 4 heteroatoms. The number of aromatic nitrogens is 2. The molecular weight excluding hydrogens is 322 g/mol. The van der Waals surface area contributed by atoms with E-state index in [1.807, 2.05) is 54.9 Å². The summed E-state index contributed by atoms with van der Waals surface area (Å²) in [5, 5.41) is 7.54. The molecule has 0 aliphatic carbocycles. The van der Waals surface area contributed by atoms with Gasteiger partial charge < -0.3 is 5.32 Å². The van der Waals surface area contributed by atoms with Crippen molar-refractivity contribution in [1.29, 1.82) is 0 Å². The molecule has 0 spiro atoms. The summed E-state index contributed by atoms with van der Waals surface area (Å²) < 4.78 is 1.98. The second-order valence-electron chi connectivity index (χ2n) is 6.87. The van der Waals surface area contributed by atoms with E-state index < -0.39 is 0 Å². The number of nitrogens with one attached hydrogen (secondary N) is 1. The molecule has 2 aromatic carbocycles. The van der Waals surface area contributed by atoms with Gasteiger partial charge in [-0.3, -0.25) is 9.48 Å². The fourth-order valence-corrected chi connectivity index (χ4v) is 3.08. The van der Waals surface area contributed by atoms with E-state index in [9.17, 15) is 4.79 Å². The Kier molecular flexibility index (Phi) is 5.52. The second-order valence-corrected chi connectivity index (χ2v) is 6.87. The summed E-state index contributed by atoms with van der Waals surface area (Å²) in [6.45, 7) is 6.70. The van der Waals surface area contributed by atoms with Crippen LogP contribution in [0.2, 0.25) is 0 Å². The molecule has 1 atom stereocenters. The maximum Gasteiger partial charge on any atom is 0.227 e. The highest BCUT2D eigenvalue weighted by Crippen LogP contribution is 2.16. The molecule has 1 unspecified atom stereocenters. The molecule has 0 saturated heterocycles. The molecule has 0 aliphatic rings. The Morgan fingerprint density at radius 2 is 1.77 bits per heavy atom. The minimum Gasteiger partial charge on any atom is -0.326 e. The van der Waals surface area contributed by atoms with E-state index >= 15 is 0 Å². The van der Waals surface area contributed by atoms with Gasteiger partial charge in [-0.15, -0.1) is 0 Å². The average molecular weight is 347 g/mol. The van der Waals surface area contributed by atoms with Gasteiger partial charge in [0.1, 0.15) is 0 Å². The van der Waals surface area contributed by atoms with E-state index in [1.165, 1.54) is 5.56 Å². The number of benzene rings is 2. The van der Waals surface area contributed by atoms with Crippen molar-refractivity contribution < 1.29 is 4.79 Å². The van der Waals surface area contributed by atoms with Crippen LogP contribution >= 0.6 is 0 Å². The zero-order valence-corrected chi connectivity index (χ0v) is 15.6. The Bertz CT molecular complexity index is 883. The number of nitrogens with zero attached hydrogens (tertiary/aromatic N) is 2. The first kappa shape index (κ1) is 17.9. The molecule has 3 rings (SSSR count). The van der Waals surface area contributed by atoms with Crippen molar-refractivity contribution in [3.8, 4) is 0 Å². The van der Waals surface area contributed by atoms with Crippen LogP contribution in [0, 0.1) is 19.8 Å². The number of rotatable bonds is 6. The van der Waals surface area contributed by atoms with Crippen LogP contribution in [0.3, 0.4) is 0 Å². The molecule has 26 heavy (non-hydrogen) atoms. The Morgan fingerprint density at radius 1 is 1.04 bits per heavy atom. The molecule has 1 heterocycles. The van der Waals surface area contributed by atoms with Crippen molar-refractivity contribution in [2.24, 2.45) is 5.92 Å². The van der Waals surface area contributed by atoms with Gasteiger partial charge in [-0.05, 0) is 49.6 Å². The van der Waals surface area contributed by atoms with E-state index in [-0.39, 0.29) is 11.8 Å². The minimum absolute atomic E-state index is 0.0390. The van der Waals surface area contributed by atoms with E-state index in [0.717, 1.165) is 29.1 Å². The highest BCUT2D eigenvalue weighted by atomic mass is 16.1. The van der Waals surface area contributed by atoms with E-state index in [1.54, 1.807) is 0 Å². The minimum atomic E-state index is -0.0861. The second kappa shape index (κ2) is 8.00. The lowest BCUT2D eigenvalue weighted by atomic mass is 10.0. The van der Waals surface area contributed by atoms with Crippen LogP contribution in [0.4, 0.5) is 5.69 Å². The lowest BCUT2D eigenvalue weighted by molar-refractivity contribution is -0.119. The maximum absolute atomic E-state index is 12.5. The average Bonchev–Trinajstić information content (AvgIpc) is 2.93. The summed E-state index contributed by atoms with van der Waals surface area (Å²) in [7, 11) is 0. The molecule has 0 fully saturated rings. The molecule has 4 nitrogen and oxygen atoms in total. The molecule has 0 radical (unpaired) electrons. The van der Waals surface area contributed by atoms with E-state index in [4.69, 9.17) is 0 Å². The van der Waals surface area contributed by atoms with Crippen LogP contribution < -0.4 is 5.32 Å². The smallest absolute Gasteiger partial charge is 0.227 e. The number of hydrogen-bond donors (Lipinski definition) is 1. The third kappa shape index (κ3) is 4.60. The number of aryl methyl sites for hydroxylation is 2. The fraction of sp³-hybridized carbons (Fsp3) is 0.273. The van der Waals surface area contributed by atoms with E-state index in [2.05, 4.69) is 41.6 Å². The van der Waals surface area contributed by atoms with Crippen molar-refractivity contribution in [3.63, 3.8) is 0 Å². The van der Waals surface area contributed by atoms with Crippen molar-refractivity contribution in [3.05, 3.63) is 83.2 Å². The van der Waals surface area contributed by atoms with Gasteiger partial charge in [0.05, 0.1) is 12.2 Å². The third-order valence-electron chi connectivity index (χ3n) is 4.46. The van der Waals surface area contributed by atoms with Gasteiger partial charge in [0, 0.05) is 17.3 Å². The summed E-state index contributed by atoms with van der Waals surface area (Å²) in [6, 6.07) is 20.1. The lowest BCUT2D eigenvalue weighted by Gasteiger charge is -2.13. The Balaban J connectivity index is 1.64. The third-order valence-corrected chi connectivity index (χ3v) is 4.46. The van der Waals surface area contributed by atoms with Crippen LogP contribution in [0.15, 0.2) is 60.7 Å². The zero-order valence-electron chi connectivity index (χ0n) is 15.6. The first-order valence-electron chi connectivity index (χ1n) is 8.96. The van der Waals surface area contributed by atoms with Crippen LogP contribution in [-0.4, -0.2) is 15.7 Å². The SMILES string of the molecule is Cc1cc(C)n(Cc2cccc(NC(=O)C(C)Cc3ccccc3)c2)n1. The first-order chi connectivity index (χ1) is 12.5. The number of anilines is 1.